The van der Waals surface area contributed by atoms with Crippen molar-refractivity contribution in [1.82, 2.24) is 0 Å². The summed E-state index contributed by atoms with van der Waals surface area (Å²) in [6.45, 7) is 1.30. The van der Waals surface area contributed by atoms with Crippen molar-refractivity contribution in [3.63, 3.8) is 0 Å². The van der Waals surface area contributed by atoms with Crippen LogP contribution in [0, 0.1) is 0 Å². The summed E-state index contributed by atoms with van der Waals surface area (Å²) in [5.41, 5.74) is 0. The van der Waals surface area contributed by atoms with Crippen LogP contribution in [0.3, 0.4) is 0 Å². The second kappa shape index (κ2) is 3.80. The molecule has 3 aliphatic rings. The van der Waals surface area contributed by atoms with Gasteiger partial charge < -0.3 is 14.2 Å². The van der Waals surface area contributed by atoms with E-state index in [1.165, 1.54) is 0 Å². The fourth-order valence-electron chi connectivity index (χ4n) is 2.38. The second-order valence-electron chi connectivity index (χ2n) is 4.20. The van der Waals surface area contributed by atoms with Crippen LogP contribution in [-0.2, 0) is 14.2 Å². The van der Waals surface area contributed by atoms with Crippen molar-refractivity contribution in [1.29, 1.82) is 0 Å². The van der Waals surface area contributed by atoms with Crippen molar-refractivity contribution >= 4 is 0 Å². The lowest BCUT2D eigenvalue weighted by Gasteiger charge is -2.09. The van der Waals surface area contributed by atoms with Crippen molar-refractivity contribution in [3.8, 4) is 0 Å². The Labute approximate surface area is 89.7 Å². The molecule has 0 unspecified atom stereocenters. The van der Waals surface area contributed by atoms with Crippen LogP contribution >= 0.6 is 0 Å². The molecule has 0 aromatic rings. The Balaban J connectivity index is 1.86. The van der Waals surface area contributed by atoms with E-state index in [1.807, 2.05) is 0 Å². The summed E-state index contributed by atoms with van der Waals surface area (Å²) in [5.74, 6) is 4.21. The van der Waals surface area contributed by atoms with E-state index >= 15 is 0 Å². The number of rotatable bonds is 0. The van der Waals surface area contributed by atoms with Gasteiger partial charge in [0.25, 0.3) is 0 Å². The van der Waals surface area contributed by atoms with Gasteiger partial charge in [-0.2, -0.15) is 0 Å². The molecule has 0 spiro atoms. The molecule has 15 heavy (non-hydrogen) atoms. The van der Waals surface area contributed by atoms with Gasteiger partial charge in [-0.25, -0.2) is 0 Å². The molecular formula is C12H16O3. The van der Waals surface area contributed by atoms with E-state index in [9.17, 15) is 0 Å². The fraction of sp³-hybridized carbons (Fsp3) is 0.667. The molecule has 0 saturated carbocycles. The molecule has 3 heteroatoms. The summed E-state index contributed by atoms with van der Waals surface area (Å²) >= 11 is 0. The summed E-state index contributed by atoms with van der Waals surface area (Å²) in [6, 6.07) is 0. The predicted octanol–water partition coefficient (Wildman–Crippen LogP) is 2.84. The van der Waals surface area contributed by atoms with Crippen molar-refractivity contribution in [2.75, 3.05) is 13.2 Å². The van der Waals surface area contributed by atoms with E-state index in [0.717, 1.165) is 61.6 Å². The SMILES string of the molecule is C1CC2=C(C1)OC1=C(CCC1)OCCO2. The van der Waals surface area contributed by atoms with E-state index < -0.39 is 0 Å². The summed E-state index contributed by atoms with van der Waals surface area (Å²) in [7, 11) is 0. The maximum absolute atomic E-state index is 5.93. The minimum atomic E-state index is 0.652. The van der Waals surface area contributed by atoms with Gasteiger partial charge in [0.1, 0.15) is 36.3 Å². The van der Waals surface area contributed by atoms with Crippen LogP contribution in [0.2, 0.25) is 0 Å². The zero-order valence-corrected chi connectivity index (χ0v) is 8.88. The average Bonchev–Trinajstić information content (AvgIpc) is 2.82. The van der Waals surface area contributed by atoms with Crippen molar-refractivity contribution < 1.29 is 14.2 Å². The third-order valence-electron chi connectivity index (χ3n) is 3.12. The number of hydrogen-bond acceptors (Lipinski definition) is 3. The maximum Gasteiger partial charge on any atom is 0.141 e. The third kappa shape index (κ3) is 1.71. The molecule has 82 valence electrons. The van der Waals surface area contributed by atoms with Gasteiger partial charge in [-0.05, 0) is 12.8 Å². The Bertz CT molecular complexity index is 296. The van der Waals surface area contributed by atoms with Crippen LogP contribution in [0.1, 0.15) is 38.5 Å². The van der Waals surface area contributed by atoms with Crippen LogP contribution in [-0.4, -0.2) is 13.2 Å². The highest BCUT2D eigenvalue weighted by molar-refractivity contribution is 5.16. The second-order valence-corrected chi connectivity index (χ2v) is 4.20. The van der Waals surface area contributed by atoms with E-state index in [-0.39, 0.29) is 0 Å². The molecule has 0 radical (unpaired) electrons. The molecule has 3 nitrogen and oxygen atoms in total. The highest BCUT2D eigenvalue weighted by Gasteiger charge is 2.25. The van der Waals surface area contributed by atoms with Gasteiger partial charge in [0.05, 0.1) is 0 Å². The first-order chi connectivity index (χ1) is 7.43. The van der Waals surface area contributed by atoms with Gasteiger partial charge in [-0.15, -0.1) is 0 Å². The van der Waals surface area contributed by atoms with Gasteiger partial charge in [-0.3, -0.25) is 0 Å². The lowest BCUT2D eigenvalue weighted by atomic mass is 10.3. The maximum atomic E-state index is 5.93. The summed E-state index contributed by atoms with van der Waals surface area (Å²) in [4.78, 5) is 0. The molecule has 0 amide bonds. The fourth-order valence-corrected chi connectivity index (χ4v) is 2.38. The largest absolute Gasteiger partial charge is 0.491 e. The molecule has 1 aliphatic heterocycles. The van der Waals surface area contributed by atoms with Gasteiger partial charge >= 0.3 is 0 Å². The molecule has 0 aromatic carbocycles. The molecule has 0 N–H and O–H groups in total. The summed E-state index contributed by atoms with van der Waals surface area (Å²) < 4.78 is 17.2. The Kier molecular flexibility index (Phi) is 2.31. The summed E-state index contributed by atoms with van der Waals surface area (Å²) in [5, 5.41) is 0. The molecule has 3 rings (SSSR count). The minimum absolute atomic E-state index is 0.652. The van der Waals surface area contributed by atoms with E-state index in [1.54, 1.807) is 0 Å². The number of ether oxygens (including phenoxy) is 3. The molecule has 0 atom stereocenters. The van der Waals surface area contributed by atoms with E-state index in [0.29, 0.717) is 13.2 Å². The van der Waals surface area contributed by atoms with Crippen molar-refractivity contribution in [3.05, 3.63) is 23.0 Å². The molecule has 2 aliphatic carbocycles. The van der Waals surface area contributed by atoms with Gasteiger partial charge in [0.2, 0.25) is 0 Å². The Morgan fingerprint density at radius 2 is 1.07 bits per heavy atom. The molecule has 0 saturated heterocycles. The van der Waals surface area contributed by atoms with Crippen LogP contribution in [0.5, 0.6) is 0 Å². The summed E-state index contributed by atoms with van der Waals surface area (Å²) in [6.07, 6.45) is 6.41. The molecule has 0 fully saturated rings. The molecule has 0 aromatic heterocycles. The zero-order chi connectivity index (χ0) is 10.1. The minimum Gasteiger partial charge on any atom is -0.491 e. The van der Waals surface area contributed by atoms with Crippen LogP contribution < -0.4 is 0 Å². The average molecular weight is 208 g/mol. The molecule has 1 heterocycles. The predicted molar refractivity (Wildman–Crippen MR) is 54.7 cm³/mol. The Morgan fingerprint density at radius 3 is 1.60 bits per heavy atom. The van der Waals surface area contributed by atoms with Crippen molar-refractivity contribution in [2.45, 2.75) is 38.5 Å². The van der Waals surface area contributed by atoms with Gasteiger partial charge in [0, 0.05) is 25.7 Å². The highest BCUT2D eigenvalue weighted by atomic mass is 16.6. The molecule has 0 bridgehead atoms. The number of hydrogen-bond donors (Lipinski definition) is 0. The first-order valence-corrected chi connectivity index (χ1v) is 5.81. The highest BCUT2D eigenvalue weighted by Crippen LogP contribution is 2.35. The van der Waals surface area contributed by atoms with E-state index in [2.05, 4.69) is 0 Å². The Hall–Kier alpha value is -1.12. The lowest BCUT2D eigenvalue weighted by Crippen LogP contribution is -2.02. The smallest absolute Gasteiger partial charge is 0.141 e. The monoisotopic (exact) mass is 208 g/mol. The van der Waals surface area contributed by atoms with Crippen LogP contribution in [0.25, 0.3) is 0 Å². The van der Waals surface area contributed by atoms with Crippen molar-refractivity contribution in [2.24, 2.45) is 0 Å². The topological polar surface area (TPSA) is 27.7 Å². The zero-order valence-electron chi connectivity index (χ0n) is 8.88. The first-order valence-electron chi connectivity index (χ1n) is 5.81. The standard InChI is InChI=1S/C12H16O3/c1-3-9-11(5-1)15-12-6-2-4-10(12)14-8-7-13-9/h1-8H2. The third-order valence-corrected chi connectivity index (χ3v) is 3.12. The quantitative estimate of drug-likeness (QED) is 0.612. The van der Waals surface area contributed by atoms with Gasteiger partial charge in [-0.1, -0.05) is 0 Å². The van der Waals surface area contributed by atoms with Crippen LogP contribution in [0.4, 0.5) is 0 Å². The molecular weight excluding hydrogens is 192 g/mol. The Morgan fingerprint density at radius 1 is 0.600 bits per heavy atom. The first kappa shape index (κ1) is 9.13. The van der Waals surface area contributed by atoms with E-state index in [4.69, 9.17) is 14.2 Å². The number of allylic oxidation sites excluding steroid dienone is 4. The van der Waals surface area contributed by atoms with Crippen LogP contribution in [0.15, 0.2) is 23.0 Å². The lowest BCUT2D eigenvalue weighted by molar-refractivity contribution is 0.112. The van der Waals surface area contributed by atoms with Gasteiger partial charge in [0.15, 0.2) is 0 Å². The normalized spacial score (nSPS) is 25.6.